The van der Waals surface area contributed by atoms with E-state index in [4.69, 9.17) is 21.7 Å². The second-order valence-electron chi connectivity index (χ2n) is 7.53. The fourth-order valence-electron chi connectivity index (χ4n) is 3.57. The van der Waals surface area contributed by atoms with Crippen LogP contribution in [0.25, 0.3) is 0 Å². The summed E-state index contributed by atoms with van der Waals surface area (Å²) in [5.41, 5.74) is 1.99. The molecule has 32 heavy (non-hydrogen) atoms. The molecule has 1 aliphatic heterocycles. The number of thiophene rings is 1. The SMILES string of the molecule is COC(=O)c1c(NC(=S)N2CCN(c3ccccc3OC)CC2)sc(C(=O)N(C)C)c1C. The van der Waals surface area contributed by atoms with Crippen LogP contribution in [0.4, 0.5) is 10.7 Å². The van der Waals surface area contributed by atoms with Gasteiger partial charge in [-0.25, -0.2) is 4.79 Å². The highest BCUT2D eigenvalue weighted by atomic mass is 32.1. The van der Waals surface area contributed by atoms with Gasteiger partial charge in [0.25, 0.3) is 5.91 Å². The smallest absolute Gasteiger partial charge is 0.341 e. The lowest BCUT2D eigenvalue weighted by molar-refractivity contribution is 0.0601. The van der Waals surface area contributed by atoms with E-state index in [1.54, 1.807) is 28.1 Å². The third-order valence-corrected chi connectivity index (χ3v) is 6.91. The van der Waals surface area contributed by atoms with Crippen molar-refractivity contribution in [3.63, 3.8) is 0 Å². The molecule has 1 aromatic heterocycles. The van der Waals surface area contributed by atoms with Gasteiger partial charge in [-0.15, -0.1) is 11.3 Å². The van der Waals surface area contributed by atoms with Crippen molar-refractivity contribution in [1.82, 2.24) is 9.80 Å². The number of rotatable bonds is 5. The lowest BCUT2D eigenvalue weighted by Gasteiger charge is -2.37. The minimum absolute atomic E-state index is 0.165. The van der Waals surface area contributed by atoms with Crippen LogP contribution in [0.5, 0.6) is 5.75 Å². The molecule has 8 nitrogen and oxygen atoms in total. The number of nitrogens with zero attached hydrogens (tertiary/aromatic N) is 3. The fraction of sp³-hybridized carbons (Fsp3) is 0.409. The maximum absolute atomic E-state index is 12.5. The average Bonchev–Trinajstić information content (AvgIpc) is 3.13. The summed E-state index contributed by atoms with van der Waals surface area (Å²) >= 11 is 6.86. The maximum atomic E-state index is 12.5. The second-order valence-corrected chi connectivity index (χ2v) is 8.93. The molecule has 0 radical (unpaired) electrons. The van der Waals surface area contributed by atoms with Crippen LogP contribution in [0, 0.1) is 6.92 Å². The first-order valence-electron chi connectivity index (χ1n) is 10.2. The van der Waals surface area contributed by atoms with Gasteiger partial charge in [-0.3, -0.25) is 4.79 Å². The van der Waals surface area contributed by atoms with Crippen molar-refractivity contribution in [1.29, 1.82) is 0 Å². The first-order chi connectivity index (χ1) is 15.3. The minimum Gasteiger partial charge on any atom is -0.495 e. The van der Waals surface area contributed by atoms with Gasteiger partial charge in [0, 0.05) is 40.3 Å². The summed E-state index contributed by atoms with van der Waals surface area (Å²) in [5, 5.41) is 4.23. The van der Waals surface area contributed by atoms with Crippen molar-refractivity contribution >= 4 is 51.2 Å². The van der Waals surface area contributed by atoms with Gasteiger partial charge < -0.3 is 29.5 Å². The second kappa shape index (κ2) is 10.2. The molecule has 1 saturated heterocycles. The summed E-state index contributed by atoms with van der Waals surface area (Å²) in [4.78, 5) is 31.3. The van der Waals surface area contributed by atoms with Crippen LogP contribution in [-0.2, 0) is 4.74 Å². The number of amides is 1. The molecule has 1 amide bonds. The summed E-state index contributed by atoms with van der Waals surface area (Å²) in [7, 11) is 6.36. The molecule has 0 bridgehead atoms. The van der Waals surface area contributed by atoms with Crippen molar-refractivity contribution in [2.45, 2.75) is 6.92 Å². The van der Waals surface area contributed by atoms with Crippen LogP contribution in [-0.4, -0.2) is 81.3 Å². The van der Waals surface area contributed by atoms with E-state index < -0.39 is 5.97 Å². The van der Waals surface area contributed by atoms with Crippen molar-refractivity contribution < 1.29 is 19.1 Å². The molecule has 0 saturated carbocycles. The predicted octanol–water partition coefficient (Wildman–Crippen LogP) is 3.07. The minimum atomic E-state index is -0.497. The van der Waals surface area contributed by atoms with E-state index in [1.165, 1.54) is 23.3 Å². The summed E-state index contributed by atoms with van der Waals surface area (Å²) in [6.45, 7) is 4.73. The van der Waals surface area contributed by atoms with Gasteiger partial charge in [0.2, 0.25) is 0 Å². The van der Waals surface area contributed by atoms with Crippen molar-refractivity contribution in [3.8, 4) is 5.75 Å². The predicted molar refractivity (Wildman–Crippen MR) is 131 cm³/mol. The Morgan fingerprint density at radius 1 is 1.12 bits per heavy atom. The number of anilines is 2. The number of piperazine rings is 1. The van der Waals surface area contributed by atoms with E-state index in [-0.39, 0.29) is 5.91 Å². The van der Waals surface area contributed by atoms with Crippen molar-refractivity contribution in [3.05, 3.63) is 40.3 Å². The highest BCUT2D eigenvalue weighted by molar-refractivity contribution is 7.80. The monoisotopic (exact) mass is 476 g/mol. The van der Waals surface area contributed by atoms with Crippen molar-refractivity contribution in [2.75, 3.05) is 64.7 Å². The van der Waals surface area contributed by atoms with Crippen LogP contribution in [0.3, 0.4) is 0 Å². The summed E-state index contributed by atoms with van der Waals surface area (Å²) in [6.07, 6.45) is 0. The molecule has 0 unspecified atom stereocenters. The number of benzene rings is 1. The third-order valence-electron chi connectivity index (χ3n) is 5.35. The molecule has 2 heterocycles. The first kappa shape index (κ1) is 23.8. The number of esters is 1. The molecule has 1 N–H and O–H groups in total. The Bertz CT molecular complexity index is 1010. The van der Waals surface area contributed by atoms with Crippen LogP contribution >= 0.6 is 23.6 Å². The Kier molecular flexibility index (Phi) is 7.57. The quantitative estimate of drug-likeness (QED) is 0.521. The highest BCUT2D eigenvalue weighted by Crippen LogP contribution is 2.35. The summed E-state index contributed by atoms with van der Waals surface area (Å²) < 4.78 is 10.4. The zero-order chi connectivity index (χ0) is 23.4. The summed E-state index contributed by atoms with van der Waals surface area (Å²) in [6, 6.07) is 7.95. The molecular weight excluding hydrogens is 448 g/mol. The molecule has 0 spiro atoms. The van der Waals surface area contributed by atoms with Crippen LogP contribution in [0.1, 0.15) is 25.6 Å². The number of carbonyl (C=O) groups excluding carboxylic acids is 2. The maximum Gasteiger partial charge on any atom is 0.341 e. The Balaban J connectivity index is 1.74. The number of thiocarbonyl (C=S) groups is 1. The standard InChI is InChI=1S/C22H28N4O4S2/c1-14-17(21(28)30-5)19(32-18(14)20(27)24(2)3)23-22(31)26-12-10-25(11-13-26)15-8-6-7-9-16(15)29-4/h6-9H,10-13H2,1-5H3,(H,23,31). The zero-order valence-corrected chi connectivity index (χ0v) is 20.6. The number of methoxy groups -OCH3 is 2. The largest absolute Gasteiger partial charge is 0.495 e. The zero-order valence-electron chi connectivity index (χ0n) is 18.9. The fourth-order valence-corrected chi connectivity index (χ4v) is 5.14. The third kappa shape index (κ3) is 4.81. The number of hydrogen-bond acceptors (Lipinski definition) is 7. The van der Waals surface area contributed by atoms with Crippen LogP contribution in [0.2, 0.25) is 0 Å². The molecule has 10 heteroatoms. The molecule has 3 rings (SSSR count). The lowest BCUT2D eigenvalue weighted by Crippen LogP contribution is -2.50. The Morgan fingerprint density at radius 3 is 2.38 bits per heavy atom. The number of ether oxygens (including phenoxy) is 2. The lowest BCUT2D eigenvalue weighted by atomic mass is 10.1. The van der Waals surface area contributed by atoms with E-state index in [1.807, 2.05) is 24.3 Å². The van der Waals surface area contributed by atoms with E-state index in [0.29, 0.717) is 39.2 Å². The number of hydrogen-bond donors (Lipinski definition) is 1. The van der Waals surface area contributed by atoms with E-state index in [0.717, 1.165) is 24.5 Å². The average molecular weight is 477 g/mol. The molecule has 1 aliphatic rings. The molecule has 0 atom stereocenters. The van der Waals surface area contributed by atoms with E-state index >= 15 is 0 Å². The van der Waals surface area contributed by atoms with E-state index in [9.17, 15) is 9.59 Å². The molecule has 2 aromatic rings. The molecule has 172 valence electrons. The Hall–Kier alpha value is -2.85. The van der Waals surface area contributed by atoms with E-state index in [2.05, 4.69) is 15.1 Å². The van der Waals surface area contributed by atoms with Crippen LogP contribution in [0.15, 0.2) is 24.3 Å². The molecule has 1 fully saturated rings. The molecule has 1 aromatic carbocycles. The van der Waals surface area contributed by atoms with Gasteiger partial charge in [0.15, 0.2) is 5.11 Å². The number of carbonyl (C=O) groups is 2. The van der Waals surface area contributed by atoms with Gasteiger partial charge in [0.1, 0.15) is 10.8 Å². The van der Waals surface area contributed by atoms with Gasteiger partial charge in [-0.05, 0) is 36.8 Å². The topological polar surface area (TPSA) is 74.4 Å². The normalized spacial score (nSPS) is 13.5. The van der Waals surface area contributed by atoms with Crippen LogP contribution < -0.4 is 15.0 Å². The van der Waals surface area contributed by atoms with Gasteiger partial charge >= 0.3 is 5.97 Å². The highest BCUT2D eigenvalue weighted by Gasteiger charge is 2.28. The van der Waals surface area contributed by atoms with Gasteiger partial charge in [-0.2, -0.15) is 0 Å². The van der Waals surface area contributed by atoms with Gasteiger partial charge in [-0.1, -0.05) is 12.1 Å². The van der Waals surface area contributed by atoms with Gasteiger partial charge in [0.05, 0.1) is 30.3 Å². The Labute approximate surface area is 197 Å². The molecule has 0 aliphatic carbocycles. The van der Waals surface area contributed by atoms with Crippen molar-refractivity contribution in [2.24, 2.45) is 0 Å². The molecular formula is C22H28N4O4S2. The Morgan fingerprint density at radius 2 is 1.78 bits per heavy atom. The first-order valence-corrected chi connectivity index (χ1v) is 11.4. The summed E-state index contributed by atoms with van der Waals surface area (Å²) in [5.74, 6) is 0.182. The number of para-hydroxylation sites is 2. The number of nitrogens with one attached hydrogen (secondary N) is 1.